The number of aromatic nitrogens is 1. The molecular weight excluding hydrogens is 240 g/mol. The molecule has 0 aliphatic carbocycles. The van der Waals surface area contributed by atoms with Gasteiger partial charge in [0.1, 0.15) is 5.02 Å². The fourth-order valence-electron chi connectivity index (χ4n) is 1.73. The van der Waals surface area contributed by atoms with Gasteiger partial charge in [-0.3, -0.25) is 10.1 Å². The van der Waals surface area contributed by atoms with Crippen LogP contribution >= 0.6 is 11.6 Å². The van der Waals surface area contributed by atoms with E-state index < -0.39 is 4.92 Å². The summed E-state index contributed by atoms with van der Waals surface area (Å²) in [6.45, 7) is 2.02. The van der Waals surface area contributed by atoms with Crippen LogP contribution < -0.4 is 0 Å². The minimum Gasteiger partial charge on any atom is -0.364 e. The molecule has 0 amide bonds. The third-order valence-corrected chi connectivity index (χ3v) is 2.91. The minimum atomic E-state index is -0.448. The maximum atomic E-state index is 11.0. The summed E-state index contributed by atoms with van der Waals surface area (Å²) in [5.74, 6) is 0. The molecule has 0 radical (unpaired) electrons. The number of rotatable bonds is 3. The van der Waals surface area contributed by atoms with Gasteiger partial charge in [-0.15, -0.1) is 0 Å². The van der Waals surface area contributed by atoms with Crippen molar-refractivity contribution in [1.82, 2.24) is 4.98 Å². The van der Waals surface area contributed by atoms with Gasteiger partial charge >= 0.3 is 0 Å². The number of aryl methyl sites for hydroxylation is 1. The maximum Gasteiger partial charge on any atom is 0.295 e. The molecular formula is C12H11ClN2O2. The van der Waals surface area contributed by atoms with Crippen LogP contribution in [0.2, 0.25) is 5.02 Å². The molecule has 0 saturated carbocycles. The van der Waals surface area contributed by atoms with Crippen LogP contribution in [0.25, 0.3) is 11.1 Å². The zero-order valence-electron chi connectivity index (χ0n) is 9.24. The molecule has 1 heterocycles. The first kappa shape index (κ1) is 11.7. The standard InChI is InChI=1S/C12H11ClN2O2/c1-2-9-6-8(7-14-9)10-4-3-5-11(13)12(10)15(16)17/h3-7,14H,2H2,1H3. The van der Waals surface area contributed by atoms with Crippen molar-refractivity contribution in [3.63, 3.8) is 0 Å². The molecule has 1 N–H and O–H groups in total. The van der Waals surface area contributed by atoms with E-state index in [0.29, 0.717) is 5.56 Å². The molecule has 4 nitrogen and oxygen atoms in total. The molecule has 0 aliphatic heterocycles. The van der Waals surface area contributed by atoms with Crippen molar-refractivity contribution in [2.45, 2.75) is 13.3 Å². The first-order chi connectivity index (χ1) is 8.13. The van der Waals surface area contributed by atoms with E-state index in [9.17, 15) is 10.1 Å². The fourth-order valence-corrected chi connectivity index (χ4v) is 1.98. The van der Waals surface area contributed by atoms with Crippen LogP contribution in [0.4, 0.5) is 5.69 Å². The lowest BCUT2D eigenvalue weighted by atomic mass is 10.1. The summed E-state index contributed by atoms with van der Waals surface area (Å²) in [7, 11) is 0. The zero-order valence-corrected chi connectivity index (χ0v) is 9.99. The normalized spacial score (nSPS) is 10.5. The second-order valence-electron chi connectivity index (χ2n) is 3.66. The summed E-state index contributed by atoms with van der Waals surface area (Å²) in [5, 5.41) is 11.2. The second kappa shape index (κ2) is 4.59. The number of benzene rings is 1. The van der Waals surface area contributed by atoms with E-state index in [-0.39, 0.29) is 10.7 Å². The van der Waals surface area contributed by atoms with Crippen molar-refractivity contribution < 1.29 is 4.92 Å². The predicted molar refractivity (Wildman–Crippen MR) is 67.3 cm³/mol. The van der Waals surface area contributed by atoms with Crippen molar-refractivity contribution in [2.24, 2.45) is 0 Å². The molecule has 2 aromatic rings. The Morgan fingerprint density at radius 1 is 1.47 bits per heavy atom. The Kier molecular flexibility index (Phi) is 3.15. The van der Waals surface area contributed by atoms with E-state index in [1.165, 1.54) is 6.07 Å². The minimum absolute atomic E-state index is 0.0455. The molecule has 2 rings (SSSR count). The van der Waals surface area contributed by atoms with Crippen molar-refractivity contribution >= 4 is 17.3 Å². The highest BCUT2D eigenvalue weighted by Crippen LogP contribution is 2.35. The molecule has 5 heteroatoms. The highest BCUT2D eigenvalue weighted by atomic mass is 35.5. The van der Waals surface area contributed by atoms with Gasteiger partial charge in [0.05, 0.1) is 10.5 Å². The number of para-hydroxylation sites is 1. The summed E-state index contributed by atoms with van der Waals surface area (Å²) < 4.78 is 0. The van der Waals surface area contributed by atoms with Crippen molar-refractivity contribution in [3.8, 4) is 11.1 Å². The molecule has 0 bridgehead atoms. The molecule has 1 aromatic heterocycles. The van der Waals surface area contributed by atoms with Crippen LogP contribution in [0.1, 0.15) is 12.6 Å². The average Bonchev–Trinajstić information content (AvgIpc) is 2.76. The Balaban J connectivity index is 2.58. The van der Waals surface area contributed by atoms with Gasteiger partial charge in [-0.2, -0.15) is 0 Å². The second-order valence-corrected chi connectivity index (χ2v) is 4.07. The van der Waals surface area contributed by atoms with E-state index in [1.54, 1.807) is 18.3 Å². The molecule has 0 atom stereocenters. The van der Waals surface area contributed by atoms with Gasteiger partial charge in [0.25, 0.3) is 5.69 Å². The van der Waals surface area contributed by atoms with Crippen molar-refractivity contribution in [3.05, 3.63) is 51.3 Å². The monoisotopic (exact) mass is 250 g/mol. The number of halogens is 1. The van der Waals surface area contributed by atoms with Gasteiger partial charge in [0.15, 0.2) is 0 Å². The number of H-pyrrole nitrogens is 1. The van der Waals surface area contributed by atoms with Crippen LogP contribution in [0, 0.1) is 10.1 Å². The largest absolute Gasteiger partial charge is 0.364 e. The third kappa shape index (κ3) is 2.17. The summed E-state index contributed by atoms with van der Waals surface area (Å²) in [6.07, 6.45) is 2.62. The summed E-state index contributed by atoms with van der Waals surface area (Å²) >= 11 is 5.86. The lowest BCUT2D eigenvalue weighted by Crippen LogP contribution is -1.92. The number of nitro groups is 1. The third-order valence-electron chi connectivity index (χ3n) is 2.60. The number of nitrogens with zero attached hydrogens (tertiary/aromatic N) is 1. The molecule has 17 heavy (non-hydrogen) atoms. The fraction of sp³-hybridized carbons (Fsp3) is 0.167. The number of aromatic amines is 1. The van der Waals surface area contributed by atoms with Gasteiger partial charge < -0.3 is 4.98 Å². The number of nitrogens with one attached hydrogen (secondary N) is 1. The van der Waals surface area contributed by atoms with Crippen molar-refractivity contribution in [1.29, 1.82) is 0 Å². The van der Waals surface area contributed by atoms with Gasteiger partial charge in [0, 0.05) is 17.5 Å². The Hall–Kier alpha value is -1.81. The van der Waals surface area contributed by atoms with Gasteiger partial charge in [-0.1, -0.05) is 24.6 Å². The molecule has 0 fully saturated rings. The zero-order chi connectivity index (χ0) is 12.4. The number of hydrogen-bond donors (Lipinski definition) is 1. The Bertz CT molecular complexity index is 563. The van der Waals surface area contributed by atoms with E-state index in [1.807, 2.05) is 13.0 Å². The van der Waals surface area contributed by atoms with Crippen LogP contribution in [0.5, 0.6) is 0 Å². The lowest BCUT2D eigenvalue weighted by molar-refractivity contribution is -0.384. The van der Waals surface area contributed by atoms with E-state index in [4.69, 9.17) is 11.6 Å². The van der Waals surface area contributed by atoms with E-state index >= 15 is 0 Å². The quantitative estimate of drug-likeness (QED) is 0.665. The lowest BCUT2D eigenvalue weighted by Gasteiger charge is -2.01. The summed E-state index contributed by atoms with van der Waals surface area (Å²) in [5.41, 5.74) is 2.32. The van der Waals surface area contributed by atoms with Gasteiger partial charge in [0.2, 0.25) is 0 Å². The average molecular weight is 251 g/mol. The molecule has 0 spiro atoms. The van der Waals surface area contributed by atoms with E-state index in [0.717, 1.165) is 17.7 Å². The molecule has 88 valence electrons. The van der Waals surface area contributed by atoms with Crippen LogP contribution in [0.3, 0.4) is 0 Å². The van der Waals surface area contributed by atoms with Crippen LogP contribution in [0.15, 0.2) is 30.5 Å². The summed E-state index contributed by atoms with van der Waals surface area (Å²) in [4.78, 5) is 13.6. The molecule has 0 unspecified atom stereocenters. The smallest absolute Gasteiger partial charge is 0.295 e. The maximum absolute atomic E-state index is 11.0. The first-order valence-electron chi connectivity index (χ1n) is 5.24. The van der Waals surface area contributed by atoms with Gasteiger partial charge in [-0.05, 0) is 24.6 Å². The Morgan fingerprint density at radius 3 is 2.82 bits per heavy atom. The Morgan fingerprint density at radius 2 is 2.24 bits per heavy atom. The molecule has 0 aliphatic rings. The SMILES string of the molecule is CCc1cc(-c2cccc(Cl)c2[N+](=O)[O-])c[nH]1. The van der Waals surface area contributed by atoms with Crippen LogP contribution in [-0.2, 0) is 6.42 Å². The number of hydrogen-bond acceptors (Lipinski definition) is 2. The topological polar surface area (TPSA) is 58.9 Å². The van der Waals surface area contributed by atoms with Crippen LogP contribution in [-0.4, -0.2) is 9.91 Å². The summed E-state index contributed by atoms with van der Waals surface area (Å²) in [6, 6.07) is 6.84. The Labute approximate surface area is 103 Å². The molecule has 1 aromatic carbocycles. The van der Waals surface area contributed by atoms with Gasteiger partial charge in [-0.25, -0.2) is 0 Å². The highest BCUT2D eigenvalue weighted by Gasteiger charge is 2.19. The highest BCUT2D eigenvalue weighted by molar-refractivity contribution is 6.33. The van der Waals surface area contributed by atoms with Crippen molar-refractivity contribution in [2.75, 3.05) is 0 Å². The predicted octanol–water partition coefficient (Wildman–Crippen LogP) is 3.81. The molecule has 0 saturated heterocycles. The number of nitro benzene ring substituents is 1. The first-order valence-corrected chi connectivity index (χ1v) is 5.62. The van der Waals surface area contributed by atoms with E-state index in [2.05, 4.69) is 4.98 Å².